The van der Waals surface area contributed by atoms with Gasteiger partial charge >= 0.3 is 0 Å². The Bertz CT molecular complexity index is 481. The zero-order valence-corrected chi connectivity index (χ0v) is 12.9. The van der Waals surface area contributed by atoms with Gasteiger partial charge in [-0.25, -0.2) is 0 Å². The van der Waals surface area contributed by atoms with Crippen molar-refractivity contribution in [3.63, 3.8) is 0 Å². The quantitative estimate of drug-likeness (QED) is 0.837. The second-order valence-electron chi connectivity index (χ2n) is 5.46. The molecule has 21 heavy (non-hydrogen) atoms. The number of rotatable bonds is 7. The summed E-state index contributed by atoms with van der Waals surface area (Å²) in [4.78, 5) is 0. The highest BCUT2D eigenvalue weighted by Crippen LogP contribution is 2.37. The summed E-state index contributed by atoms with van der Waals surface area (Å²) in [5.41, 5.74) is -0.359. The molecule has 1 saturated carbocycles. The highest BCUT2D eigenvalue weighted by atomic mass is 16.5. The smallest absolute Gasteiger partial charge is 0.119 e. The zero-order valence-electron chi connectivity index (χ0n) is 12.9. The number of nitriles is 1. The first-order chi connectivity index (χ1) is 10.2. The van der Waals surface area contributed by atoms with Crippen LogP contribution in [-0.2, 0) is 0 Å². The summed E-state index contributed by atoms with van der Waals surface area (Å²) in [6.07, 6.45) is 4.05. The Balaban J connectivity index is 1.82. The van der Waals surface area contributed by atoms with E-state index in [2.05, 4.69) is 11.4 Å². The number of hydrogen-bond acceptors (Lipinski definition) is 4. The first-order valence-corrected chi connectivity index (χ1v) is 7.70. The maximum absolute atomic E-state index is 9.42. The molecule has 4 nitrogen and oxygen atoms in total. The van der Waals surface area contributed by atoms with Crippen LogP contribution in [0.3, 0.4) is 0 Å². The van der Waals surface area contributed by atoms with Gasteiger partial charge in [-0.15, -0.1) is 0 Å². The number of hydrogen-bond donors (Lipinski definition) is 1. The molecule has 2 rings (SSSR count). The topological polar surface area (TPSA) is 54.3 Å². The number of nitrogens with one attached hydrogen (secondary N) is 1. The van der Waals surface area contributed by atoms with E-state index in [1.54, 1.807) is 0 Å². The molecular formula is C17H24N2O2. The van der Waals surface area contributed by atoms with Crippen molar-refractivity contribution in [2.75, 3.05) is 20.3 Å². The predicted molar refractivity (Wildman–Crippen MR) is 82.5 cm³/mol. The van der Waals surface area contributed by atoms with Crippen molar-refractivity contribution >= 4 is 0 Å². The summed E-state index contributed by atoms with van der Waals surface area (Å²) >= 11 is 0. The lowest BCUT2D eigenvalue weighted by Crippen LogP contribution is -2.45. The standard InChI is InChI=1S/C17H24N2O2/c1-3-20-15-6-8-16(9-7-15)21-12-10-14-5-4-11-17(14,13-18)19-2/h6-9,14,19H,3-5,10-12H2,1-2H3. The van der Waals surface area contributed by atoms with Crippen molar-refractivity contribution in [1.29, 1.82) is 5.26 Å². The van der Waals surface area contributed by atoms with Gasteiger partial charge in [0.25, 0.3) is 0 Å². The Morgan fingerprint density at radius 1 is 1.29 bits per heavy atom. The van der Waals surface area contributed by atoms with Crippen LogP contribution in [0.15, 0.2) is 24.3 Å². The van der Waals surface area contributed by atoms with Crippen molar-refractivity contribution in [2.24, 2.45) is 5.92 Å². The molecule has 114 valence electrons. The van der Waals surface area contributed by atoms with Gasteiger partial charge in [0.2, 0.25) is 0 Å². The summed E-state index contributed by atoms with van der Waals surface area (Å²) in [5, 5.41) is 12.6. The van der Waals surface area contributed by atoms with Crippen molar-refractivity contribution in [2.45, 2.75) is 38.1 Å². The molecule has 1 aromatic rings. The fourth-order valence-electron chi connectivity index (χ4n) is 3.12. The molecule has 0 saturated heterocycles. The Hall–Kier alpha value is -1.73. The summed E-state index contributed by atoms with van der Waals surface area (Å²) in [6, 6.07) is 10.2. The number of ether oxygens (including phenoxy) is 2. The van der Waals surface area contributed by atoms with Crippen molar-refractivity contribution in [1.82, 2.24) is 5.32 Å². The Morgan fingerprint density at radius 2 is 1.95 bits per heavy atom. The number of nitrogens with zero attached hydrogens (tertiary/aromatic N) is 1. The lowest BCUT2D eigenvalue weighted by atomic mass is 9.86. The largest absolute Gasteiger partial charge is 0.494 e. The lowest BCUT2D eigenvalue weighted by Gasteiger charge is -2.28. The van der Waals surface area contributed by atoms with E-state index in [1.807, 2.05) is 38.2 Å². The third-order valence-electron chi connectivity index (χ3n) is 4.34. The molecule has 0 bridgehead atoms. The van der Waals surface area contributed by atoms with Crippen molar-refractivity contribution in [3.05, 3.63) is 24.3 Å². The van der Waals surface area contributed by atoms with E-state index in [9.17, 15) is 5.26 Å². The molecule has 1 N–H and O–H groups in total. The molecular weight excluding hydrogens is 264 g/mol. The van der Waals surface area contributed by atoms with Gasteiger partial charge in [-0.05, 0) is 63.4 Å². The monoisotopic (exact) mass is 288 g/mol. The SMILES string of the molecule is CCOc1ccc(OCCC2CCCC2(C#N)NC)cc1. The zero-order chi connectivity index (χ0) is 15.1. The fraction of sp³-hybridized carbons (Fsp3) is 0.588. The maximum Gasteiger partial charge on any atom is 0.119 e. The minimum atomic E-state index is -0.359. The third-order valence-corrected chi connectivity index (χ3v) is 4.34. The summed E-state index contributed by atoms with van der Waals surface area (Å²) in [7, 11) is 1.88. The van der Waals surface area contributed by atoms with Crippen LogP contribution >= 0.6 is 0 Å². The molecule has 0 aromatic heterocycles. The van der Waals surface area contributed by atoms with Crippen LogP contribution in [0.25, 0.3) is 0 Å². The average Bonchev–Trinajstić information content (AvgIpc) is 2.93. The minimum Gasteiger partial charge on any atom is -0.494 e. The normalized spacial score (nSPS) is 24.5. The Labute approximate surface area is 127 Å². The summed E-state index contributed by atoms with van der Waals surface area (Å²) in [6.45, 7) is 3.28. The molecule has 1 aromatic carbocycles. The van der Waals surface area contributed by atoms with Crippen LogP contribution in [0.4, 0.5) is 0 Å². The third kappa shape index (κ3) is 3.68. The van der Waals surface area contributed by atoms with Gasteiger partial charge < -0.3 is 14.8 Å². The van der Waals surface area contributed by atoms with E-state index < -0.39 is 0 Å². The highest BCUT2D eigenvalue weighted by Gasteiger charge is 2.41. The molecule has 1 aliphatic rings. The first-order valence-electron chi connectivity index (χ1n) is 7.70. The molecule has 1 fully saturated rings. The minimum absolute atomic E-state index is 0.359. The van der Waals surface area contributed by atoms with Gasteiger partial charge in [-0.1, -0.05) is 6.42 Å². The van der Waals surface area contributed by atoms with E-state index in [-0.39, 0.29) is 5.54 Å². The molecule has 0 aliphatic heterocycles. The van der Waals surface area contributed by atoms with Crippen LogP contribution < -0.4 is 14.8 Å². The van der Waals surface area contributed by atoms with E-state index >= 15 is 0 Å². The molecule has 2 unspecified atom stereocenters. The van der Waals surface area contributed by atoms with E-state index in [0.717, 1.165) is 37.2 Å². The van der Waals surface area contributed by atoms with Gasteiger partial charge in [0.05, 0.1) is 19.3 Å². The summed E-state index contributed by atoms with van der Waals surface area (Å²) < 4.78 is 11.2. The predicted octanol–water partition coefficient (Wildman–Crippen LogP) is 3.14. The maximum atomic E-state index is 9.42. The molecule has 0 heterocycles. The van der Waals surface area contributed by atoms with E-state index in [0.29, 0.717) is 19.1 Å². The van der Waals surface area contributed by atoms with Crippen molar-refractivity contribution < 1.29 is 9.47 Å². The average molecular weight is 288 g/mol. The van der Waals surface area contributed by atoms with Gasteiger partial charge in [0.15, 0.2) is 0 Å². The molecule has 0 spiro atoms. The molecule has 4 heteroatoms. The number of benzene rings is 1. The second kappa shape index (κ2) is 7.33. The summed E-state index contributed by atoms with van der Waals surface area (Å²) in [5.74, 6) is 2.08. The molecule has 0 radical (unpaired) electrons. The van der Waals surface area contributed by atoms with Gasteiger partial charge in [-0.2, -0.15) is 5.26 Å². The fourth-order valence-corrected chi connectivity index (χ4v) is 3.12. The molecule has 0 amide bonds. The van der Waals surface area contributed by atoms with Gasteiger partial charge in [-0.3, -0.25) is 0 Å². The van der Waals surface area contributed by atoms with Crippen LogP contribution in [0, 0.1) is 17.2 Å². The Morgan fingerprint density at radius 3 is 2.52 bits per heavy atom. The lowest BCUT2D eigenvalue weighted by molar-refractivity contribution is 0.239. The van der Waals surface area contributed by atoms with Crippen molar-refractivity contribution in [3.8, 4) is 17.6 Å². The second-order valence-corrected chi connectivity index (χ2v) is 5.46. The van der Waals surface area contributed by atoms with E-state index in [4.69, 9.17) is 9.47 Å². The Kier molecular flexibility index (Phi) is 5.46. The first kappa shape index (κ1) is 15.7. The van der Waals surface area contributed by atoms with Crippen LogP contribution in [0.2, 0.25) is 0 Å². The van der Waals surface area contributed by atoms with Gasteiger partial charge in [0.1, 0.15) is 17.0 Å². The van der Waals surface area contributed by atoms with E-state index in [1.165, 1.54) is 0 Å². The van der Waals surface area contributed by atoms with Gasteiger partial charge in [0, 0.05) is 0 Å². The molecule has 2 atom stereocenters. The van der Waals surface area contributed by atoms with Crippen LogP contribution in [0.5, 0.6) is 11.5 Å². The molecule has 1 aliphatic carbocycles. The van der Waals surface area contributed by atoms with Crippen LogP contribution in [-0.4, -0.2) is 25.8 Å². The highest BCUT2D eigenvalue weighted by molar-refractivity contribution is 5.31. The van der Waals surface area contributed by atoms with Crippen LogP contribution in [0.1, 0.15) is 32.6 Å².